The zero-order chi connectivity index (χ0) is 10.9. The van der Waals surface area contributed by atoms with Gasteiger partial charge in [-0.1, -0.05) is 32.6 Å². The van der Waals surface area contributed by atoms with E-state index < -0.39 is 0 Å². The number of nitrogens with two attached hydrogens (primary N) is 1. The summed E-state index contributed by atoms with van der Waals surface area (Å²) in [6.45, 7) is 2.22. The molecule has 0 aromatic carbocycles. The highest BCUT2D eigenvalue weighted by Gasteiger charge is 2.08. The summed E-state index contributed by atoms with van der Waals surface area (Å²) in [7, 11) is 0. The molecule has 86 valence electrons. The smallest absolute Gasteiger partial charge is 0.105 e. The summed E-state index contributed by atoms with van der Waals surface area (Å²) in [6.07, 6.45) is 8.85. The molecule has 0 saturated heterocycles. The quantitative estimate of drug-likeness (QED) is 0.394. The number of hydrogen-bond donors (Lipinski definition) is 2. The minimum absolute atomic E-state index is 0.341. The van der Waals surface area contributed by atoms with Gasteiger partial charge in [0, 0.05) is 12.5 Å². The van der Waals surface area contributed by atoms with Crippen LogP contribution in [0.15, 0.2) is 22.8 Å². The van der Waals surface area contributed by atoms with Gasteiger partial charge in [0.1, 0.15) is 5.76 Å². The number of nitrogens with one attached hydrogen (secondary N) is 1. The maximum absolute atomic E-state index is 5.51. The van der Waals surface area contributed by atoms with Crippen LogP contribution in [0.1, 0.15) is 44.8 Å². The van der Waals surface area contributed by atoms with E-state index in [1.165, 1.54) is 25.7 Å². The molecular weight excluding hydrogens is 188 g/mol. The normalized spacial score (nSPS) is 12.9. The first-order valence-electron chi connectivity index (χ1n) is 5.85. The lowest BCUT2D eigenvalue weighted by molar-refractivity contribution is 0.416. The molecular formula is C12H22N2O. The summed E-state index contributed by atoms with van der Waals surface area (Å²) in [5, 5.41) is 0. The van der Waals surface area contributed by atoms with E-state index in [1.54, 1.807) is 6.26 Å². The highest BCUT2D eigenvalue weighted by molar-refractivity contribution is 5.00. The second kappa shape index (κ2) is 7.49. The topological polar surface area (TPSA) is 51.2 Å². The maximum Gasteiger partial charge on any atom is 0.105 e. The Morgan fingerprint density at radius 1 is 1.40 bits per heavy atom. The van der Waals surface area contributed by atoms with Crippen LogP contribution in [0.2, 0.25) is 0 Å². The van der Waals surface area contributed by atoms with Crippen LogP contribution in [0.25, 0.3) is 0 Å². The van der Waals surface area contributed by atoms with Crippen LogP contribution in [0.3, 0.4) is 0 Å². The van der Waals surface area contributed by atoms with Crippen LogP contribution < -0.4 is 11.3 Å². The van der Waals surface area contributed by atoms with Crippen molar-refractivity contribution in [1.29, 1.82) is 0 Å². The molecule has 0 radical (unpaired) electrons. The Morgan fingerprint density at radius 3 is 2.87 bits per heavy atom. The van der Waals surface area contributed by atoms with E-state index in [0.29, 0.717) is 6.04 Å². The molecule has 15 heavy (non-hydrogen) atoms. The molecule has 0 aliphatic rings. The second-order valence-corrected chi connectivity index (χ2v) is 4.00. The van der Waals surface area contributed by atoms with E-state index in [0.717, 1.165) is 18.6 Å². The van der Waals surface area contributed by atoms with Crippen molar-refractivity contribution < 1.29 is 4.42 Å². The van der Waals surface area contributed by atoms with Crippen molar-refractivity contribution in [2.24, 2.45) is 5.84 Å². The Labute approximate surface area is 92.0 Å². The predicted octanol–water partition coefficient (Wildman–Crippen LogP) is 2.62. The monoisotopic (exact) mass is 210 g/mol. The SMILES string of the molecule is CCCCCCC(Cc1ccco1)NN. The molecule has 1 unspecified atom stereocenters. The molecule has 0 saturated carbocycles. The van der Waals surface area contributed by atoms with Gasteiger partial charge in [-0.2, -0.15) is 0 Å². The molecule has 1 atom stereocenters. The van der Waals surface area contributed by atoms with E-state index in [4.69, 9.17) is 10.3 Å². The van der Waals surface area contributed by atoms with Crippen LogP contribution in [-0.4, -0.2) is 6.04 Å². The van der Waals surface area contributed by atoms with Gasteiger partial charge >= 0.3 is 0 Å². The largest absolute Gasteiger partial charge is 0.469 e. The molecule has 0 fully saturated rings. The van der Waals surface area contributed by atoms with Crippen molar-refractivity contribution in [2.45, 2.75) is 51.5 Å². The Kier molecular flexibility index (Phi) is 6.12. The number of hydrazine groups is 1. The van der Waals surface area contributed by atoms with Crippen LogP contribution in [-0.2, 0) is 6.42 Å². The Morgan fingerprint density at radius 2 is 2.27 bits per heavy atom. The molecule has 0 spiro atoms. The minimum Gasteiger partial charge on any atom is -0.469 e. The summed E-state index contributed by atoms with van der Waals surface area (Å²) in [6, 6.07) is 4.25. The number of rotatable bonds is 8. The van der Waals surface area contributed by atoms with E-state index >= 15 is 0 Å². The van der Waals surface area contributed by atoms with E-state index in [-0.39, 0.29) is 0 Å². The number of hydrogen-bond acceptors (Lipinski definition) is 3. The third-order valence-electron chi connectivity index (χ3n) is 2.67. The van der Waals surface area contributed by atoms with Gasteiger partial charge in [-0.15, -0.1) is 0 Å². The van der Waals surface area contributed by atoms with Gasteiger partial charge in [-0.05, 0) is 18.6 Å². The number of unbranched alkanes of at least 4 members (excludes halogenated alkanes) is 3. The van der Waals surface area contributed by atoms with Crippen molar-refractivity contribution >= 4 is 0 Å². The van der Waals surface area contributed by atoms with Gasteiger partial charge < -0.3 is 4.42 Å². The summed E-state index contributed by atoms with van der Waals surface area (Å²) >= 11 is 0. The van der Waals surface area contributed by atoms with Crippen molar-refractivity contribution in [1.82, 2.24) is 5.43 Å². The average molecular weight is 210 g/mol. The van der Waals surface area contributed by atoms with Gasteiger partial charge in [0.2, 0.25) is 0 Å². The van der Waals surface area contributed by atoms with Gasteiger partial charge in [0.25, 0.3) is 0 Å². The van der Waals surface area contributed by atoms with Crippen LogP contribution in [0.4, 0.5) is 0 Å². The highest BCUT2D eigenvalue weighted by atomic mass is 16.3. The lowest BCUT2D eigenvalue weighted by atomic mass is 10.0. The van der Waals surface area contributed by atoms with Crippen molar-refractivity contribution in [3.8, 4) is 0 Å². The fraction of sp³-hybridized carbons (Fsp3) is 0.667. The minimum atomic E-state index is 0.341. The highest BCUT2D eigenvalue weighted by Crippen LogP contribution is 2.10. The summed E-state index contributed by atoms with van der Waals surface area (Å²) in [5.74, 6) is 6.52. The second-order valence-electron chi connectivity index (χ2n) is 4.00. The summed E-state index contributed by atoms with van der Waals surface area (Å²) in [4.78, 5) is 0. The van der Waals surface area contributed by atoms with Crippen molar-refractivity contribution in [2.75, 3.05) is 0 Å². The fourth-order valence-corrected chi connectivity index (χ4v) is 1.73. The molecule has 0 aliphatic heterocycles. The van der Waals surface area contributed by atoms with E-state index in [1.807, 2.05) is 12.1 Å². The molecule has 1 aromatic rings. The predicted molar refractivity (Wildman–Crippen MR) is 62.3 cm³/mol. The number of furan rings is 1. The fourth-order valence-electron chi connectivity index (χ4n) is 1.73. The van der Waals surface area contributed by atoms with Crippen molar-refractivity contribution in [3.63, 3.8) is 0 Å². The zero-order valence-corrected chi connectivity index (χ0v) is 9.54. The van der Waals surface area contributed by atoms with Crippen molar-refractivity contribution in [3.05, 3.63) is 24.2 Å². The molecule has 1 heterocycles. The molecule has 1 aromatic heterocycles. The lowest BCUT2D eigenvalue weighted by Crippen LogP contribution is -2.36. The molecule has 3 N–H and O–H groups in total. The first-order valence-corrected chi connectivity index (χ1v) is 5.85. The van der Waals surface area contributed by atoms with Gasteiger partial charge in [-0.3, -0.25) is 11.3 Å². The summed E-state index contributed by atoms with van der Waals surface area (Å²) < 4.78 is 5.30. The molecule has 1 rings (SSSR count). The first kappa shape index (κ1) is 12.3. The Bertz CT molecular complexity index is 234. The standard InChI is InChI=1S/C12H22N2O/c1-2-3-4-5-7-11(14-13)10-12-8-6-9-15-12/h6,8-9,11,14H,2-5,7,10,13H2,1H3. The van der Waals surface area contributed by atoms with Gasteiger partial charge in [0.15, 0.2) is 0 Å². The maximum atomic E-state index is 5.51. The molecule has 0 aliphatic carbocycles. The zero-order valence-electron chi connectivity index (χ0n) is 9.54. The molecule has 3 nitrogen and oxygen atoms in total. The lowest BCUT2D eigenvalue weighted by Gasteiger charge is -2.13. The third-order valence-corrected chi connectivity index (χ3v) is 2.67. The van der Waals surface area contributed by atoms with Crippen LogP contribution in [0, 0.1) is 0 Å². The summed E-state index contributed by atoms with van der Waals surface area (Å²) in [5.41, 5.74) is 2.86. The molecule has 0 amide bonds. The van der Waals surface area contributed by atoms with Gasteiger partial charge in [0.05, 0.1) is 6.26 Å². The Balaban J connectivity index is 2.18. The van der Waals surface area contributed by atoms with Gasteiger partial charge in [-0.25, -0.2) is 0 Å². The van der Waals surface area contributed by atoms with E-state index in [9.17, 15) is 0 Å². The van der Waals surface area contributed by atoms with Crippen LogP contribution >= 0.6 is 0 Å². The Hall–Kier alpha value is -0.800. The first-order chi connectivity index (χ1) is 7.36. The molecule has 3 heteroatoms. The third kappa shape index (κ3) is 5.00. The van der Waals surface area contributed by atoms with E-state index in [2.05, 4.69) is 12.3 Å². The van der Waals surface area contributed by atoms with Crippen LogP contribution in [0.5, 0.6) is 0 Å². The average Bonchev–Trinajstić information content (AvgIpc) is 2.75. The molecule has 0 bridgehead atoms.